The van der Waals surface area contributed by atoms with Crippen LogP contribution in [0, 0.1) is 11.8 Å². The summed E-state index contributed by atoms with van der Waals surface area (Å²) < 4.78 is 35.0. The minimum absolute atomic E-state index is 0.0226. The van der Waals surface area contributed by atoms with Gasteiger partial charge < -0.3 is 15.0 Å². The first-order chi connectivity index (χ1) is 16.7. The zero-order chi connectivity index (χ0) is 24.9. The van der Waals surface area contributed by atoms with Crippen molar-refractivity contribution in [2.75, 3.05) is 20.2 Å². The van der Waals surface area contributed by atoms with E-state index in [2.05, 4.69) is 43.8 Å². The number of urea groups is 1. The van der Waals surface area contributed by atoms with E-state index in [9.17, 15) is 18.0 Å². The predicted octanol–water partition coefficient (Wildman–Crippen LogP) is 1.90. The minimum Gasteiger partial charge on any atom is -0.380 e. The van der Waals surface area contributed by atoms with E-state index in [1.807, 2.05) is 18.2 Å². The van der Waals surface area contributed by atoms with Gasteiger partial charge in [-0.05, 0) is 24.8 Å². The molecule has 4 aliphatic rings. The second kappa shape index (κ2) is 9.36. The monoisotopic (exact) mass is 613 g/mol. The van der Waals surface area contributed by atoms with Crippen molar-refractivity contribution in [3.63, 3.8) is 0 Å². The lowest BCUT2D eigenvalue weighted by Gasteiger charge is -2.35. The van der Waals surface area contributed by atoms with E-state index >= 15 is 0 Å². The molecule has 10 nitrogen and oxygen atoms in total. The molecule has 1 saturated carbocycles. The van der Waals surface area contributed by atoms with Gasteiger partial charge in [0.2, 0.25) is 0 Å². The smallest absolute Gasteiger partial charge is 0.329 e. The van der Waals surface area contributed by atoms with Crippen LogP contribution in [0.25, 0.3) is 0 Å². The van der Waals surface area contributed by atoms with E-state index in [-0.39, 0.29) is 40.6 Å². The van der Waals surface area contributed by atoms with Crippen molar-refractivity contribution in [3.05, 3.63) is 47.2 Å². The largest absolute Gasteiger partial charge is 0.380 e. The first-order valence-electron chi connectivity index (χ1n) is 11.6. The maximum atomic E-state index is 13.0. The molecule has 0 bridgehead atoms. The summed E-state index contributed by atoms with van der Waals surface area (Å²) in [6, 6.07) is 0.186. The Labute approximate surface area is 218 Å². The van der Waals surface area contributed by atoms with Gasteiger partial charge in [-0.15, -0.1) is 0 Å². The molecular formula is C23H28IN5O5S. The lowest BCUT2D eigenvalue weighted by Crippen LogP contribution is -2.51. The van der Waals surface area contributed by atoms with Crippen LogP contribution >= 0.6 is 22.6 Å². The topological polar surface area (TPSA) is 123 Å². The SMILES string of the molecule is COC1CCN(C(=O)c2cc(S(=O)(=O)NC(=O)NC3C4C=CC=C4C=C4C(I)CCC43)nn2C)C1. The van der Waals surface area contributed by atoms with Crippen LogP contribution in [0.2, 0.25) is 0 Å². The Morgan fingerprint density at radius 1 is 1.26 bits per heavy atom. The number of halogens is 1. The summed E-state index contributed by atoms with van der Waals surface area (Å²) in [6.07, 6.45) is 11.0. The fourth-order valence-corrected chi connectivity index (χ4v) is 7.39. The molecule has 5 atom stereocenters. The maximum Gasteiger partial charge on any atom is 0.329 e. The highest BCUT2D eigenvalue weighted by molar-refractivity contribution is 14.1. The predicted molar refractivity (Wildman–Crippen MR) is 136 cm³/mol. The number of nitrogens with one attached hydrogen (secondary N) is 2. The van der Waals surface area contributed by atoms with Crippen molar-refractivity contribution >= 4 is 44.6 Å². The Bertz CT molecular complexity index is 1250. The quantitative estimate of drug-likeness (QED) is 0.387. The molecule has 12 heteroatoms. The summed E-state index contributed by atoms with van der Waals surface area (Å²) in [5.74, 6) is -0.131. The molecule has 2 heterocycles. The number of allylic oxidation sites excluding steroid dienone is 3. The fourth-order valence-electron chi connectivity index (χ4n) is 5.48. The first kappa shape index (κ1) is 24.5. The third kappa shape index (κ3) is 4.55. The van der Waals surface area contributed by atoms with Crippen LogP contribution in [0.1, 0.15) is 29.8 Å². The highest BCUT2D eigenvalue weighted by Gasteiger charge is 2.43. The van der Waals surface area contributed by atoms with Crippen LogP contribution < -0.4 is 10.0 Å². The van der Waals surface area contributed by atoms with Gasteiger partial charge >= 0.3 is 6.03 Å². The number of alkyl halides is 1. The van der Waals surface area contributed by atoms with Crippen LogP contribution in [-0.4, -0.2) is 71.3 Å². The van der Waals surface area contributed by atoms with Gasteiger partial charge in [-0.3, -0.25) is 9.48 Å². The van der Waals surface area contributed by atoms with Gasteiger partial charge in [0.1, 0.15) is 5.69 Å². The molecule has 35 heavy (non-hydrogen) atoms. The summed E-state index contributed by atoms with van der Waals surface area (Å²) >= 11 is 2.43. The molecule has 5 unspecified atom stereocenters. The number of hydrogen-bond donors (Lipinski definition) is 2. The van der Waals surface area contributed by atoms with Crippen molar-refractivity contribution in [2.24, 2.45) is 18.9 Å². The zero-order valence-electron chi connectivity index (χ0n) is 19.5. The molecule has 0 spiro atoms. The molecule has 1 aromatic heterocycles. The van der Waals surface area contributed by atoms with Gasteiger partial charge in [0.25, 0.3) is 15.9 Å². The van der Waals surface area contributed by atoms with Gasteiger partial charge in [-0.2, -0.15) is 13.5 Å². The van der Waals surface area contributed by atoms with Gasteiger partial charge in [-0.25, -0.2) is 9.52 Å². The molecule has 1 aliphatic heterocycles. The lowest BCUT2D eigenvalue weighted by atomic mass is 9.76. The summed E-state index contributed by atoms with van der Waals surface area (Å²) in [4.78, 5) is 27.4. The summed E-state index contributed by atoms with van der Waals surface area (Å²) in [5, 5.41) is 6.55. The second-order valence-electron chi connectivity index (χ2n) is 9.37. The number of aromatic nitrogens is 2. The van der Waals surface area contributed by atoms with E-state index in [1.54, 1.807) is 12.0 Å². The Morgan fingerprint density at radius 3 is 2.80 bits per heavy atom. The minimum atomic E-state index is -4.28. The molecular weight excluding hydrogens is 585 g/mol. The molecule has 3 aliphatic carbocycles. The standard InChI is InChI=1S/C23H28IN5O5S/c1-28-19(22(30)29-9-8-14(12-29)34-2)11-20(26-28)35(32,33)27-23(31)25-21-15-5-3-4-13(15)10-17-16(21)6-7-18(17)24/h3-5,10-11,14-16,18,21H,6-9,12H2,1-2H3,(H2,25,27,31). The Morgan fingerprint density at radius 2 is 2.06 bits per heavy atom. The van der Waals surface area contributed by atoms with E-state index < -0.39 is 16.1 Å². The van der Waals surface area contributed by atoms with Gasteiger partial charge in [-0.1, -0.05) is 52.5 Å². The van der Waals surface area contributed by atoms with E-state index in [0.717, 1.165) is 24.8 Å². The molecule has 2 N–H and O–H groups in total. The highest BCUT2D eigenvalue weighted by atomic mass is 127. The molecule has 1 saturated heterocycles. The number of likely N-dealkylation sites (tertiary alicyclic amines) is 1. The Hall–Kier alpha value is -2.19. The molecule has 5 rings (SSSR count). The number of methoxy groups -OCH3 is 1. The molecule has 0 aromatic carbocycles. The van der Waals surface area contributed by atoms with Gasteiger partial charge in [0.05, 0.1) is 6.10 Å². The lowest BCUT2D eigenvalue weighted by molar-refractivity contribution is 0.0714. The average Bonchev–Trinajstić information content (AvgIpc) is 3.60. The third-order valence-corrected chi connectivity index (χ3v) is 9.86. The second-order valence-corrected chi connectivity index (χ2v) is 12.5. The van der Waals surface area contributed by atoms with E-state index in [4.69, 9.17) is 4.74 Å². The number of aryl methyl sites for hydroxylation is 1. The van der Waals surface area contributed by atoms with E-state index in [0.29, 0.717) is 17.0 Å². The van der Waals surface area contributed by atoms with Crippen molar-refractivity contribution in [1.29, 1.82) is 0 Å². The van der Waals surface area contributed by atoms with Crippen molar-refractivity contribution < 1.29 is 22.7 Å². The van der Waals surface area contributed by atoms with Crippen LogP contribution in [0.15, 0.2) is 46.5 Å². The van der Waals surface area contributed by atoms with Crippen LogP contribution in [0.5, 0.6) is 0 Å². The number of amides is 3. The highest BCUT2D eigenvalue weighted by Crippen LogP contribution is 2.47. The number of ether oxygens (including phenoxy) is 1. The third-order valence-electron chi connectivity index (χ3n) is 7.31. The molecule has 0 radical (unpaired) electrons. The summed E-state index contributed by atoms with van der Waals surface area (Å²) in [5.41, 5.74) is 2.57. The number of hydrogen-bond acceptors (Lipinski definition) is 6. The number of carbonyl (C=O) groups is 2. The Kier molecular flexibility index (Phi) is 6.55. The van der Waals surface area contributed by atoms with Crippen LogP contribution in [0.4, 0.5) is 4.79 Å². The first-order valence-corrected chi connectivity index (χ1v) is 14.3. The number of nitrogens with zero attached hydrogens (tertiary/aromatic N) is 3. The van der Waals surface area contributed by atoms with Crippen LogP contribution in [0.3, 0.4) is 0 Å². The van der Waals surface area contributed by atoms with Gasteiger partial charge in [0, 0.05) is 55.1 Å². The van der Waals surface area contributed by atoms with Crippen molar-refractivity contribution in [3.8, 4) is 0 Å². The summed E-state index contributed by atoms with van der Waals surface area (Å²) in [7, 11) is -1.17. The molecule has 1 aromatic rings. The van der Waals surface area contributed by atoms with Crippen LogP contribution in [-0.2, 0) is 21.8 Å². The average molecular weight is 613 g/mol. The zero-order valence-corrected chi connectivity index (χ0v) is 22.5. The maximum absolute atomic E-state index is 13.0. The van der Waals surface area contributed by atoms with Gasteiger partial charge in [0.15, 0.2) is 5.03 Å². The van der Waals surface area contributed by atoms with Crippen molar-refractivity contribution in [1.82, 2.24) is 24.7 Å². The normalized spacial score (nSPS) is 29.5. The van der Waals surface area contributed by atoms with Crippen molar-refractivity contribution in [2.45, 2.75) is 40.4 Å². The number of carbonyl (C=O) groups excluding carboxylic acids is 2. The molecule has 3 amide bonds. The number of fused-ring (bicyclic) bond motifs is 2. The number of sulfonamides is 1. The fraction of sp³-hybridized carbons (Fsp3) is 0.522. The number of rotatable bonds is 5. The summed E-state index contributed by atoms with van der Waals surface area (Å²) in [6.45, 7) is 0.959. The molecule has 2 fully saturated rings. The molecule has 188 valence electrons. The van der Waals surface area contributed by atoms with E-state index in [1.165, 1.54) is 23.4 Å². The Balaban J connectivity index is 1.29.